The van der Waals surface area contributed by atoms with Crippen LogP contribution in [0.1, 0.15) is 12.6 Å². The first-order valence-electron chi connectivity index (χ1n) is 5.90. The minimum Gasteiger partial charge on any atom is -0.463 e. The molecule has 0 fully saturated rings. The number of aromatic nitrogens is 2. The standard InChI is InChI=1S/C14H14N2O2S/c1-2-18-13(17)9-8-11-10-15-14(16-11)19-12-6-4-3-5-7-12/h3-10H,2H2,1H3,(H,15,16)/b9-8+. The van der Waals surface area contributed by atoms with Crippen molar-refractivity contribution in [2.24, 2.45) is 0 Å². The van der Waals surface area contributed by atoms with Crippen molar-refractivity contribution in [2.75, 3.05) is 6.61 Å². The highest BCUT2D eigenvalue weighted by Crippen LogP contribution is 2.24. The van der Waals surface area contributed by atoms with E-state index in [0.717, 1.165) is 15.7 Å². The van der Waals surface area contributed by atoms with Gasteiger partial charge in [-0.1, -0.05) is 30.0 Å². The van der Waals surface area contributed by atoms with Gasteiger partial charge in [-0.3, -0.25) is 0 Å². The first kappa shape index (κ1) is 13.4. The lowest BCUT2D eigenvalue weighted by Gasteiger charge is -1.96. The Hall–Kier alpha value is -2.01. The van der Waals surface area contributed by atoms with Gasteiger partial charge in [-0.15, -0.1) is 0 Å². The summed E-state index contributed by atoms with van der Waals surface area (Å²) in [5, 5.41) is 0.787. The molecule has 19 heavy (non-hydrogen) atoms. The molecule has 0 aliphatic carbocycles. The summed E-state index contributed by atoms with van der Waals surface area (Å²) >= 11 is 1.54. The molecule has 0 amide bonds. The third-order valence-electron chi connectivity index (χ3n) is 2.22. The van der Waals surface area contributed by atoms with Crippen LogP contribution in [-0.4, -0.2) is 22.5 Å². The molecular formula is C14H14N2O2S. The molecule has 0 radical (unpaired) electrons. The predicted octanol–water partition coefficient (Wildman–Crippen LogP) is 3.14. The van der Waals surface area contributed by atoms with Gasteiger partial charge in [0.25, 0.3) is 0 Å². The number of nitrogens with zero attached hydrogens (tertiary/aromatic N) is 1. The summed E-state index contributed by atoms with van der Waals surface area (Å²) < 4.78 is 4.80. The van der Waals surface area contributed by atoms with Crippen LogP contribution in [0.15, 0.2) is 52.7 Å². The summed E-state index contributed by atoms with van der Waals surface area (Å²) in [5.41, 5.74) is 0.770. The summed E-state index contributed by atoms with van der Waals surface area (Å²) in [6, 6.07) is 9.96. The Bertz CT molecular complexity index is 564. The molecule has 0 aliphatic heterocycles. The quantitative estimate of drug-likeness (QED) is 0.672. The van der Waals surface area contributed by atoms with Crippen LogP contribution < -0.4 is 0 Å². The van der Waals surface area contributed by atoms with E-state index in [1.54, 1.807) is 19.2 Å². The molecule has 0 saturated carbocycles. The van der Waals surface area contributed by atoms with Gasteiger partial charge in [0.2, 0.25) is 0 Å². The third kappa shape index (κ3) is 4.30. The van der Waals surface area contributed by atoms with E-state index < -0.39 is 0 Å². The molecule has 0 unspecified atom stereocenters. The average molecular weight is 274 g/mol. The fourth-order valence-corrected chi connectivity index (χ4v) is 2.19. The summed E-state index contributed by atoms with van der Waals surface area (Å²) in [6.07, 6.45) is 4.72. The number of hydrogen-bond acceptors (Lipinski definition) is 4. The molecule has 0 atom stereocenters. The second-order valence-corrected chi connectivity index (χ2v) is 4.71. The van der Waals surface area contributed by atoms with Crippen molar-refractivity contribution in [3.63, 3.8) is 0 Å². The van der Waals surface area contributed by atoms with E-state index in [1.807, 2.05) is 30.3 Å². The van der Waals surface area contributed by atoms with Crippen molar-refractivity contribution in [1.82, 2.24) is 9.97 Å². The number of rotatable bonds is 5. The van der Waals surface area contributed by atoms with Crippen LogP contribution in [-0.2, 0) is 9.53 Å². The minimum absolute atomic E-state index is 0.352. The maximum atomic E-state index is 11.2. The zero-order chi connectivity index (χ0) is 13.5. The van der Waals surface area contributed by atoms with E-state index in [1.165, 1.54) is 17.8 Å². The van der Waals surface area contributed by atoms with Gasteiger partial charge in [0.05, 0.1) is 18.5 Å². The lowest BCUT2D eigenvalue weighted by atomic mass is 10.4. The predicted molar refractivity (Wildman–Crippen MR) is 74.8 cm³/mol. The van der Waals surface area contributed by atoms with Gasteiger partial charge < -0.3 is 9.72 Å². The molecule has 1 aromatic heterocycles. The van der Waals surface area contributed by atoms with Crippen LogP contribution in [0.5, 0.6) is 0 Å². The van der Waals surface area contributed by atoms with Crippen molar-refractivity contribution in [2.45, 2.75) is 17.0 Å². The highest BCUT2D eigenvalue weighted by atomic mass is 32.2. The molecule has 1 heterocycles. The van der Waals surface area contributed by atoms with Gasteiger partial charge in [0.1, 0.15) is 0 Å². The SMILES string of the molecule is CCOC(=O)/C=C/c1cnc(Sc2ccccc2)[nH]1. The molecule has 1 aromatic carbocycles. The van der Waals surface area contributed by atoms with Crippen molar-refractivity contribution < 1.29 is 9.53 Å². The second kappa shape index (κ2) is 6.80. The van der Waals surface area contributed by atoms with E-state index in [2.05, 4.69) is 9.97 Å². The second-order valence-electron chi connectivity index (χ2n) is 3.64. The van der Waals surface area contributed by atoms with Crippen molar-refractivity contribution in [1.29, 1.82) is 0 Å². The van der Waals surface area contributed by atoms with Crippen LogP contribution in [0.2, 0.25) is 0 Å². The number of benzene rings is 1. The number of carbonyl (C=O) groups excluding carboxylic acids is 1. The number of esters is 1. The number of H-pyrrole nitrogens is 1. The fraction of sp³-hybridized carbons (Fsp3) is 0.143. The van der Waals surface area contributed by atoms with Crippen LogP contribution >= 0.6 is 11.8 Å². The van der Waals surface area contributed by atoms with Crippen LogP contribution in [0, 0.1) is 0 Å². The Labute approximate surface area is 115 Å². The minimum atomic E-state index is -0.352. The summed E-state index contributed by atoms with van der Waals surface area (Å²) in [7, 11) is 0. The molecule has 0 saturated heterocycles. The fourth-order valence-electron chi connectivity index (χ4n) is 1.40. The molecule has 2 rings (SSSR count). The highest BCUT2D eigenvalue weighted by molar-refractivity contribution is 7.99. The molecule has 0 aliphatic rings. The molecule has 4 nitrogen and oxygen atoms in total. The van der Waals surface area contributed by atoms with E-state index in [4.69, 9.17) is 4.74 Å². The third-order valence-corrected chi connectivity index (χ3v) is 3.12. The van der Waals surface area contributed by atoms with Gasteiger partial charge in [-0.2, -0.15) is 0 Å². The van der Waals surface area contributed by atoms with Crippen molar-refractivity contribution >= 4 is 23.8 Å². The molecule has 98 valence electrons. The maximum Gasteiger partial charge on any atom is 0.330 e. The molecule has 2 aromatic rings. The Morgan fingerprint density at radius 2 is 2.21 bits per heavy atom. The summed E-state index contributed by atoms with van der Waals surface area (Å²) in [5.74, 6) is -0.352. The number of ether oxygens (including phenoxy) is 1. The monoisotopic (exact) mass is 274 g/mol. The summed E-state index contributed by atoms with van der Waals surface area (Å²) in [4.78, 5) is 19.6. The van der Waals surface area contributed by atoms with E-state index in [9.17, 15) is 4.79 Å². The number of aromatic amines is 1. The van der Waals surface area contributed by atoms with Gasteiger partial charge in [0, 0.05) is 11.0 Å². The van der Waals surface area contributed by atoms with Gasteiger partial charge in [0.15, 0.2) is 5.16 Å². The van der Waals surface area contributed by atoms with E-state index >= 15 is 0 Å². The highest BCUT2D eigenvalue weighted by Gasteiger charge is 2.01. The average Bonchev–Trinajstić information content (AvgIpc) is 2.86. The first-order chi connectivity index (χ1) is 9.28. The lowest BCUT2D eigenvalue weighted by molar-refractivity contribution is -0.137. The molecule has 1 N–H and O–H groups in total. The molecular weight excluding hydrogens is 260 g/mol. The largest absolute Gasteiger partial charge is 0.463 e. The molecule has 0 spiro atoms. The Kier molecular flexibility index (Phi) is 4.80. The lowest BCUT2D eigenvalue weighted by Crippen LogP contribution is -1.98. The van der Waals surface area contributed by atoms with Crippen molar-refractivity contribution in [3.8, 4) is 0 Å². The van der Waals surface area contributed by atoms with Crippen LogP contribution in [0.3, 0.4) is 0 Å². The first-order valence-corrected chi connectivity index (χ1v) is 6.72. The van der Waals surface area contributed by atoms with Crippen LogP contribution in [0.25, 0.3) is 6.08 Å². The smallest absolute Gasteiger partial charge is 0.330 e. The maximum absolute atomic E-state index is 11.2. The van der Waals surface area contributed by atoms with E-state index in [0.29, 0.717) is 6.61 Å². The zero-order valence-electron chi connectivity index (χ0n) is 10.5. The van der Waals surface area contributed by atoms with Crippen LogP contribution in [0.4, 0.5) is 0 Å². The Balaban J connectivity index is 1.97. The van der Waals surface area contributed by atoms with E-state index in [-0.39, 0.29) is 5.97 Å². The topological polar surface area (TPSA) is 55.0 Å². The van der Waals surface area contributed by atoms with Gasteiger partial charge >= 0.3 is 5.97 Å². The number of hydrogen-bond donors (Lipinski definition) is 1. The normalized spacial score (nSPS) is 10.8. The van der Waals surface area contributed by atoms with Gasteiger partial charge in [-0.25, -0.2) is 9.78 Å². The number of nitrogens with one attached hydrogen (secondary N) is 1. The molecule has 0 bridgehead atoms. The summed E-state index contributed by atoms with van der Waals surface area (Å²) in [6.45, 7) is 2.15. The Morgan fingerprint density at radius 1 is 1.42 bits per heavy atom. The number of imidazole rings is 1. The number of carbonyl (C=O) groups is 1. The molecule has 5 heteroatoms. The van der Waals surface area contributed by atoms with Gasteiger partial charge in [-0.05, 0) is 25.1 Å². The zero-order valence-corrected chi connectivity index (χ0v) is 11.3. The Morgan fingerprint density at radius 3 is 2.95 bits per heavy atom. The van der Waals surface area contributed by atoms with Crippen molar-refractivity contribution in [3.05, 3.63) is 48.3 Å².